The lowest BCUT2D eigenvalue weighted by Crippen LogP contribution is -2.26. The third-order valence-electron chi connectivity index (χ3n) is 7.28. The van der Waals surface area contributed by atoms with E-state index >= 15 is 0 Å². The van der Waals surface area contributed by atoms with Crippen LogP contribution in [0, 0.1) is 17.3 Å². The molecular weight excluding hydrogens is 431 g/mol. The van der Waals surface area contributed by atoms with Crippen molar-refractivity contribution in [2.45, 2.75) is 145 Å². The summed E-state index contributed by atoms with van der Waals surface area (Å²) in [6.45, 7) is 17.0. The average Bonchev–Trinajstić information content (AvgIpc) is 2.81. The second-order valence-corrected chi connectivity index (χ2v) is 12.2. The molecular formula is C28H59O4P. The zero-order valence-corrected chi connectivity index (χ0v) is 24.4. The van der Waals surface area contributed by atoms with Gasteiger partial charge in [0.1, 0.15) is 0 Å². The van der Waals surface area contributed by atoms with Gasteiger partial charge in [-0.05, 0) is 49.4 Å². The van der Waals surface area contributed by atoms with Crippen molar-refractivity contribution in [3.63, 3.8) is 0 Å². The number of phosphoric acid groups is 1. The fraction of sp³-hybridized carbons (Fsp3) is 1.00. The smallest absolute Gasteiger partial charge is 0.287 e. The van der Waals surface area contributed by atoms with E-state index in [0.29, 0.717) is 25.7 Å². The third-order valence-corrected chi connectivity index (χ3v) is 8.69. The van der Waals surface area contributed by atoms with E-state index in [1.165, 1.54) is 51.4 Å². The summed E-state index contributed by atoms with van der Waals surface area (Å²) < 4.78 is 31.5. The van der Waals surface area contributed by atoms with Gasteiger partial charge in [0.15, 0.2) is 0 Å². The molecule has 0 aromatic carbocycles. The molecule has 0 aliphatic rings. The second kappa shape index (κ2) is 20.3. The van der Waals surface area contributed by atoms with Crippen LogP contribution in [0.4, 0.5) is 0 Å². The van der Waals surface area contributed by atoms with E-state index in [-0.39, 0.29) is 5.41 Å². The fourth-order valence-electron chi connectivity index (χ4n) is 4.22. The Labute approximate surface area is 207 Å². The lowest BCUT2D eigenvalue weighted by atomic mass is 9.79. The maximum absolute atomic E-state index is 13.6. The Morgan fingerprint density at radius 3 is 1.94 bits per heavy atom. The molecule has 0 fully saturated rings. The van der Waals surface area contributed by atoms with Crippen LogP contribution in [0.25, 0.3) is 0 Å². The summed E-state index contributed by atoms with van der Waals surface area (Å²) in [5, 5.41) is 0. The van der Waals surface area contributed by atoms with Crippen LogP contribution in [-0.2, 0) is 18.1 Å². The van der Waals surface area contributed by atoms with Crippen LogP contribution in [0.15, 0.2) is 0 Å². The molecule has 0 aliphatic carbocycles. The highest BCUT2D eigenvalue weighted by atomic mass is 31.2. The molecule has 200 valence electrons. The number of unbranched alkanes of at least 4 members (excludes halogenated alkanes) is 6. The maximum atomic E-state index is 13.6. The number of rotatable bonds is 24. The second-order valence-electron chi connectivity index (χ2n) is 10.5. The third kappa shape index (κ3) is 16.4. The van der Waals surface area contributed by atoms with Crippen LogP contribution in [0.5, 0.6) is 0 Å². The molecule has 0 radical (unpaired) electrons. The van der Waals surface area contributed by atoms with Crippen molar-refractivity contribution in [3.05, 3.63) is 0 Å². The number of hydrogen-bond acceptors (Lipinski definition) is 4. The summed E-state index contributed by atoms with van der Waals surface area (Å²) in [4.78, 5) is 0. The molecule has 0 amide bonds. The standard InChI is InChI=1S/C28H59O4P/c1-8-13-21-27(10-3)24-31-33(29,30-23-19-17-15-16-18-20-26(6)7)32-25-28(11-4,12-5)22-14-9-2/h26-27H,8-25H2,1-7H3. The van der Waals surface area contributed by atoms with E-state index in [2.05, 4.69) is 48.5 Å². The molecule has 2 unspecified atom stereocenters. The van der Waals surface area contributed by atoms with Crippen molar-refractivity contribution in [2.24, 2.45) is 17.3 Å². The predicted octanol–water partition coefficient (Wildman–Crippen LogP) is 10.4. The quantitative estimate of drug-likeness (QED) is 0.0997. The van der Waals surface area contributed by atoms with Crippen LogP contribution in [0.3, 0.4) is 0 Å². The summed E-state index contributed by atoms with van der Waals surface area (Å²) in [6.07, 6.45) is 17.1. The monoisotopic (exact) mass is 490 g/mol. The van der Waals surface area contributed by atoms with Gasteiger partial charge in [-0.15, -0.1) is 0 Å². The molecule has 0 rings (SSSR count). The van der Waals surface area contributed by atoms with Gasteiger partial charge >= 0.3 is 7.82 Å². The molecule has 5 heteroatoms. The van der Waals surface area contributed by atoms with Gasteiger partial charge < -0.3 is 0 Å². The molecule has 0 aromatic heterocycles. The Hall–Kier alpha value is 0.110. The van der Waals surface area contributed by atoms with E-state index in [0.717, 1.165) is 50.9 Å². The largest absolute Gasteiger partial charge is 0.474 e. The lowest BCUT2D eigenvalue weighted by Gasteiger charge is -2.33. The van der Waals surface area contributed by atoms with Gasteiger partial charge in [-0.25, -0.2) is 4.57 Å². The Morgan fingerprint density at radius 2 is 1.36 bits per heavy atom. The minimum atomic E-state index is -3.55. The summed E-state index contributed by atoms with van der Waals surface area (Å²) in [7, 11) is -3.55. The topological polar surface area (TPSA) is 44.8 Å². The Kier molecular flexibility index (Phi) is 20.4. The lowest BCUT2D eigenvalue weighted by molar-refractivity contribution is 0.0506. The molecule has 0 N–H and O–H groups in total. The van der Waals surface area contributed by atoms with Gasteiger partial charge in [0.25, 0.3) is 0 Å². The van der Waals surface area contributed by atoms with E-state index in [1.54, 1.807) is 0 Å². The first-order chi connectivity index (χ1) is 15.8. The molecule has 0 aliphatic heterocycles. The van der Waals surface area contributed by atoms with Crippen molar-refractivity contribution in [1.82, 2.24) is 0 Å². The summed E-state index contributed by atoms with van der Waals surface area (Å²) in [5.74, 6) is 1.20. The number of phosphoric ester groups is 1. The summed E-state index contributed by atoms with van der Waals surface area (Å²) in [6, 6.07) is 0. The van der Waals surface area contributed by atoms with Crippen molar-refractivity contribution >= 4 is 7.82 Å². The van der Waals surface area contributed by atoms with Crippen molar-refractivity contribution in [2.75, 3.05) is 19.8 Å². The zero-order chi connectivity index (χ0) is 25.0. The summed E-state index contributed by atoms with van der Waals surface area (Å²) >= 11 is 0. The molecule has 0 spiro atoms. The molecule has 4 nitrogen and oxygen atoms in total. The first kappa shape index (κ1) is 33.1. The van der Waals surface area contributed by atoms with Crippen LogP contribution in [0.2, 0.25) is 0 Å². The zero-order valence-electron chi connectivity index (χ0n) is 23.5. The molecule has 0 bridgehead atoms. The molecule has 0 aromatic rings. The molecule has 0 heterocycles. The molecule has 0 saturated carbocycles. The Bertz CT molecular complexity index is 477. The first-order valence-electron chi connectivity index (χ1n) is 14.3. The first-order valence-corrected chi connectivity index (χ1v) is 15.8. The summed E-state index contributed by atoms with van der Waals surface area (Å²) in [5.41, 5.74) is 0.0567. The van der Waals surface area contributed by atoms with Crippen LogP contribution >= 0.6 is 7.82 Å². The average molecular weight is 491 g/mol. The van der Waals surface area contributed by atoms with Crippen molar-refractivity contribution < 1.29 is 18.1 Å². The van der Waals surface area contributed by atoms with Crippen LogP contribution < -0.4 is 0 Å². The van der Waals surface area contributed by atoms with Gasteiger partial charge in [-0.1, -0.05) is 113 Å². The van der Waals surface area contributed by atoms with Gasteiger partial charge in [-0.2, -0.15) is 0 Å². The van der Waals surface area contributed by atoms with E-state index in [9.17, 15) is 4.57 Å². The van der Waals surface area contributed by atoms with Crippen molar-refractivity contribution in [1.29, 1.82) is 0 Å². The van der Waals surface area contributed by atoms with Gasteiger partial charge in [0.05, 0.1) is 19.8 Å². The van der Waals surface area contributed by atoms with E-state index in [1.807, 2.05) is 0 Å². The van der Waals surface area contributed by atoms with Crippen molar-refractivity contribution in [3.8, 4) is 0 Å². The predicted molar refractivity (Wildman–Crippen MR) is 144 cm³/mol. The normalized spacial score (nSPS) is 15.2. The fourth-order valence-corrected chi connectivity index (χ4v) is 5.62. The van der Waals surface area contributed by atoms with E-state index in [4.69, 9.17) is 13.6 Å². The molecule has 33 heavy (non-hydrogen) atoms. The number of hydrogen-bond donors (Lipinski definition) is 0. The molecule has 0 saturated heterocycles. The molecule has 2 atom stereocenters. The minimum Gasteiger partial charge on any atom is -0.287 e. The maximum Gasteiger partial charge on any atom is 0.474 e. The van der Waals surface area contributed by atoms with Crippen LogP contribution in [0.1, 0.15) is 145 Å². The van der Waals surface area contributed by atoms with Gasteiger partial charge in [0.2, 0.25) is 0 Å². The minimum absolute atomic E-state index is 0.0567. The SMILES string of the molecule is CCCCC(CC)COP(=O)(OCCCCCCCC(C)C)OCC(CC)(CC)CCCC. The Balaban J connectivity index is 4.84. The highest BCUT2D eigenvalue weighted by Gasteiger charge is 2.34. The van der Waals surface area contributed by atoms with Crippen LogP contribution in [-0.4, -0.2) is 19.8 Å². The highest BCUT2D eigenvalue weighted by molar-refractivity contribution is 7.48. The van der Waals surface area contributed by atoms with Gasteiger partial charge in [0, 0.05) is 0 Å². The van der Waals surface area contributed by atoms with E-state index < -0.39 is 7.82 Å². The van der Waals surface area contributed by atoms with Gasteiger partial charge in [-0.3, -0.25) is 13.6 Å². The highest BCUT2D eigenvalue weighted by Crippen LogP contribution is 2.52. The Morgan fingerprint density at radius 1 is 0.727 bits per heavy atom.